The Labute approximate surface area is 110 Å². The molecule has 19 heavy (non-hydrogen) atoms. The first kappa shape index (κ1) is 11.7. The second-order valence-electron chi connectivity index (χ2n) is 4.17. The molecule has 5 nitrogen and oxygen atoms in total. The van der Waals surface area contributed by atoms with E-state index < -0.39 is 0 Å². The Bertz CT molecular complexity index is 692. The lowest BCUT2D eigenvalue weighted by Gasteiger charge is -2.04. The van der Waals surface area contributed by atoms with Gasteiger partial charge in [-0.3, -0.25) is 0 Å². The number of aromatic nitrogens is 2. The molecule has 3 rings (SSSR count). The molecule has 0 saturated carbocycles. The quantitative estimate of drug-likeness (QED) is 0.748. The molecule has 0 aliphatic carbocycles. The van der Waals surface area contributed by atoms with E-state index in [1.165, 1.54) is 0 Å². The van der Waals surface area contributed by atoms with Crippen molar-refractivity contribution in [2.75, 3.05) is 11.9 Å². The second kappa shape index (κ2) is 5.07. The van der Waals surface area contributed by atoms with Crippen LogP contribution in [0.25, 0.3) is 11.0 Å². The SMILES string of the molecule is NCCc1nccc(Nc2coc3ccccc23)n1. The zero-order valence-corrected chi connectivity index (χ0v) is 10.3. The molecule has 3 N–H and O–H groups in total. The number of furan rings is 1. The van der Waals surface area contributed by atoms with Gasteiger partial charge in [-0.15, -0.1) is 0 Å². The summed E-state index contributed by atoms with van der Waals surface area (Å²) >= 11 is 0. The van der Waals surface area contributed by atoms with Gasteiger partial charge in [0.15, 0.2) is 0 Å². The molecule has 96 valence electrons. The molecule has 2 heterocycles. The minimum absolute atomic E-state index is 0.540. The number of anilines is 2. The lowest BCUT2D eigenvalue weighted by atomic mass is 10.2. The van der Waals surface area contributed by atoms with Gasteiger partial charge in [0.05, 0.1) is 5.69 Å². The van der Waals surface area contributed by atoms with Crippen molar-refractivity contribution in [1.29, 1.82) is 0 Å². The van der Waals surface area contributed by atoms with Crippen LogP contribution >= 0.6 is 0 Å². The largest absolute Gasteiger partial charge is 0.462 e. The molecule has 1 aromatic carbocycles. The van der Waals surface area contributed by atoms with Gasteiger partial charge in [0.1, 0.15) is 23.5 Å². The molecular formula is C14H14N4O. The zero-order valence-electron chi connectivity index (χ0n) is 10.3. The minimum atomic E-state index is 0.540. The fourth-order valence-electron chi connectivity index (χ4n) is 1.93. The number of hydrogen-bond acceptors (Lipinski definition) is 5. The van der Waals surface area contributed by atoms with E-state index in [2.05, 4.69) is 15.3 Å². The van der Waals surface area contributed by atoms with Crippen molar-refractivity contribution in [1.82, 2.24) is 9.97 Å². The normalized spacial score (nSPS) is 10.8. The summed E-state index contributed by atoms with van der Waals surface area (Å²) in [6.07, 6.45) is 4.08. The summed E-state index contributed by atoms with van der Waals surface area (Å²) in [6.45, 7) is 0.540. The fourth-order valence-corrected chi connectivity index (χ4v) is 1.93. The lowest BCUT2D eigenvalue weighted by Crippen LogP contribution is -2.07. The summed E-state index contributed by atoms with van der Waals surface area (Å²) in [4.78, 5) is 8.57. The third-order valence-corrected chi connectivity index (χ3v) is 2.82. The molecule has 3 aromatic rings. The molecule has 0 unspecified atom stereocenters. The van der Waals surface area contributed by atoms with Crippen LogP contribution in [0.5, 0.6) is 0 Å². The van der Waals surface area contributed by atoms with Crippen LogP contribution in [0.2, 0.25) is 0 Å². The highest BCUT2D eigenvalue weighted by Gasteiger charge is 2.06. The number of benzene rings is 1. The maximum Gasteiger partial charge on any atom is 0.136 e. The number of fused-ring (bicyclic) bond motifs is 1. The molecule has 0 fully saturated rings. The average molecular weight is 254 g/mol. The first-order chi connectivity index (χ1) is 9.36. The molecule has 0 bridgehead atoms. The molecule has 0 aliphatic heterocycles. The van der Waals surface area contributed by atoms with Crippen molar-refractivity contribution in [2.24, 2.45) is 5.73 Å². The molecule has 5 heteroatoms. The van der Waals surface area contributed by atoms with Crippen molar-refractivity contribution in [3.8, 4) is 0 Å². The van der Waals surface area contributed by atoms with Crippen molar-refractivity contribution in [3.63, 3.8) is 0 Å². The van der Waals surface area contributed by atoms with Crippen LogP contribution in [-0.4, -0.2) is 16.5 Å². The number of hydrogen-bond donors (Lipinski definition) is 2. The summed E-state index contributed by atoms with van der Waals surface area (Å²) in [5.41, 5.74) is 7.25. The third kappa shape index (κ3) is 2.41. The first-order valence-electron chi connectivity index (χ1n) is 6.12. The van der Waals surface area contributed by atoms with E-state index in [0.717, 1.165) is 28.3 Å². The van der Waals surface area contributed by atoms with Gasteiger partial charge in [0.2, 0.25) is 0 Å². The Morgan fingerprint density at radius 2 is 2.11 bits per heavy atom. The molecule has 0 amide bonds. The molecule has 0 saturated heterocycles. The lowest BCUT2D eigenvalue weighted by molar-refractivity contribution is 0.617. The summed E-state index contributed by atoms with van der Waals surface area (Å²) in [5, 5.41) is 4.27. The molecular weight excluding hydrogens is 240 g/mol. The average Bonchev–Trinajstić information content (AvgIpc) is 2.83. The van der Waals surface area contributed by atoms with Gasteiger partial charge < -0.3 is 15.5 Å². The van der Waals surface area contributed by atoms with Crippen LogP contribution in [0.1, 0.15) is 5.82 Å². The van der Waals surface area contributed by atoms with Gasteiger partial charge in [-0.2, -0.15) is 0 Å². The van der Waals surface area contributed by atoms with Gasteiger partial charge in [0, 0.05) is 18.0 Å². The van der Waals surface area contributed by atoms with Crippen molar-refractivity contribution in [3.05, 3.63) is 48.6 Å². The number of para-hydroxylation sites is 1. The molecule has 0 aliphatic rings. The van der Waals surface area contributed by atoms with E-state index in [1.807, 2.05) is 30.3 Å². The highest BCUT2D eigenvalue weighted by Crippen LogP contribution is 2.27. The third-order valence-electron chi connectivity index (χ3n) is 2.82. The van der Waals surface area contributed by atoms with E-state index in [9.17, 15) is 0 Å². The van der Waals surface area contributed by atoms with Crippen LogP contribution in [0.3, 0.4) is 0 Å². The Morgan fingerprint density at radius 1 is 1.21 bits per heavy atom. The molecule has 0 atom stereocenters. The molecule has 0 radical (unpaired) electrons. The Kier molecular flexibility index (Phi) is 3.12. The van der Waals surface area contributed by atoms with Crippen LogP contribution in [-0.2, 0) is 6.42 Å². The molecule has 0 spiro atoms. The Morgan fingerprint density at radius 3 is 3.00 bits per heavy atom. The first-order valence-corrected chi connectivity index (χ1v) is 6.12. The topological polar surface area (TPSA) is 77.0 Å². The van der Waals surface area contributed by atoms with Gasteiger partial charge in [-0.1, -0.05) is 12.1 Å². The van der Waals surface area contributed by atoms with Crippen LogP contribution in [0.15, 0.2) is 47.2 Å². The minimum Gasteiger partial charge on any atom is -0.462 e. The van der Waals surface area contributed by atoms with Gasteiger partial charge in [0.25, 0.3) is 0 Å². The maximum atomic E-state index is 5.51. The van der Waals surface area contributed by atoms with Crippen molar-refractivity contribution >= 4 is 22.5 Å². The summed E-state index contributed by atoms with van der Waals surface area (Å²) in [6, 6.07) is 9.67. The fraction of sp³-hybridized carbons (Fsp3) is 0.143. The smallest absolute Gasteiger partial charge is 0.136 e. The highest BCUT2D eigenvalue weighted by molar-refractivity contribution is 5.91. The second-order valence-corrected chi connectivity index (χ2v) is 4.17. The number of nitrogens with zero attached hydrogens (tertiary/aromatic N) is 2. The van der Waals surface area contributed by atoms with Crippen molar-refractivity contribution in [2.45, 2.75) is 6.42 Å². The van der Waals surface area contributed by atoms with E-state index >= 15 is 0 Å². The van der Waals surface area contributed by atoms with Crippen LogP contribution in [0, 0.1) is 0 Å². The summed E-state index contributed by atoms with van der Waals surface area (Å²) < 4.78 is 5.47. The van der Waals surface area contributed by atoms with Crippen LogP contribution in [0.4, 0.5) is 11.5 Å². The van der Waals surface area contributed by atoms with Crippen LogP contribution < -0.4 is 11.1 Å². The summed E-state index contributed by atoms with van der Waals surface area (Å²) in [5.74, 6) is 1.48. The van der Waals surface area contributed by atoms with E-state index in [-0.39, 0.29) is 0 Å². The molecule has 2 aromatic heterocycles. The van der Waals surface area contributed by atoms with Gasteiger partial charge in [-0.25, -0.2) is 9.97 Å². The maximum absolute atomic E-state index is 5.51. The predicted octanol–water partition coefficient (Wildman–Crippen LogP) is 2.47. The van der Waals surface area contributed by atoms with Gasteiger partial charge in [-0.05, 0) is 24.7 Å². The van der Waals surface area contributed by atoms with Gasteiger partial charge >= 0.3 is 0 Å². The Hall–Kier alpha value is -2.40. The van der Waals surface area contributed by atoms with E-state index in [0.29, 0.717) is 13.0 Å². The monoisotopic (exact) mass is 254 g/mol. The van der Waals surface area contributed by atoms with E-state index in [4.69, 9.17) is 10.2 Å². The number of nitrogens with one attached hydrogen (secondary N) is 1. The predicted molar refractivity (Wildman–Crippen MR) is 74.3 cm³/mol. The summed E-state index contributed by atoms with van der Waals surface area (Å²) in [7, 11) is 0. The Balaban J connectivity index is 1.90. The highest BCUT2D eigenvalue weighted by atomic mass is 16.3. The van der Waals surface area contributed by atoms with Crippen molar-refractivity contribution < 1.29 is 4.42 Å². The standard InChI is InChI=1S/C14H14N4O/c15-7-5-13-16-8-6-14(18-13)17-11-9-19-12-4-2-1-3-10(11)12/h1-4,6,8-9H,5,7,15H2,(H,16,17,18). The zero-order chi connectivity index (χ0) is 13.1. The number of rotatable bonds is 4. The van der Waals surface area contributed by atoms with E-state index in [1.54, 1.807) is 12.5 Å². The number of nitrogens with two attached hydrogens (primary N) is 1.